The standard InChI is InChI=1S/C19H26N2/c1-4-16-9-10-18(21-14-16)13-19(20-5-2)12-17-8-6-7-15(3)11-17/h6-11,14,19-20H,4-5,12-13H2,1-3H3. The van der Waals surface area contributed by atoms with Crippen LogP contribution in [0.4, 0.5) is 0 Å². The fourth-order valence-corrected chi connectivity index (χ4v) is 2.67. The van der Waals surface area contributed by atoms with Crippen LogP contribution < -0.4 is 5.32 Å². The maximum Gasteiger partial charge on any atom is 0.0419 e. The Morgan fingerprint density at radius 2 is 1.90 bits per heavy atom. The molecule has 0 spiro atoms. The molecule has 21 heavy (non-hydrogen) atoms. The molecule has 2 rings (SSSR count). The number of benzene rings is 1. The van der Waals surface area contributed by atoms with Gasteiger partial charge in [-0.25, -0.2) is 0 Å². The van der Waals surface area contributed by atoms with Gasteiger partial charge in [0.1, 0.15) is 0 Å². The van der Waals surface area contributed by atoms with Gasteiger partial charge in [-0.3, -0.25) is 4.98 Å². The normalized spacial score (nSPS) is 12.3. The molecule has 1 aromatic carbocycles. The second-order valence-corrected chi connectivity index (χ2v) is 5.66. The number of aryl methyl sites for hydroxylation is 2. The lowest BCUT2D eigenvalue weighted by molar-refractivity contribution is 0.516. The molecule has 1 heterocycles. The molecule has 2 aromatic rings. The molecule has 0 aliphatic rings. The summed E-state index contributed by atoms with van der Waals surface area (Å²) in [5.41, 5.74) is 5.20. The Balaban J connectivity index is 2.04. The molecule has 2 heteroatoms. The Hall–Kier alpha value is -1.67. The van der Waals surface area contributed by atoms with Crippen LogP contribution in [0.5, 0.6) is 0 Å². The van der Waals surface area contributed by atoms with Crippen molar-refractivity contribution in [3.05, 3.63) is 65.0 Å². The molecule has 0 aliphatic heterocycles. The van der Waals surface area contributed by atoms with E-state index < -0.39 is 0 Å². The third kappa shape index (κ3) is 4.98. The smallest absolute Gasteiger partial charge is 0.0419 e. The van der Waals surface area contributed by atoms with Crippen molar-refractivity contribution in [2.24, 2.45) is 0 Å². The van der Waals surface area contributed by atoms with E-state index in [1.54, 1.807) is 0 Å². The summed E-state index contributed by atoms with van der Waals surface area (Å²) >= 11 is 0. The van der Waals surface area contributed by atoms with Gasteiger partial charge in [0.2, 0.25) is 0 Å². The molecule has 1 atom stereocenters. The first-order chi connectivity index (χ1) is 10.2. The van der Waals surface area contributed by atoms with Gasteiger partial charge < -0.3 is 5.32 Å². The minimum absolute atomic E-state index is 0.441. The van der Waals surface area contributed by atoms with Gasteiger partial charge in [0.25, 0.3) is 0 Å². The van der Waals surface area contributed by atoms with Crippen molar-refractivity contribution in [2.75, 3.05) is 6.54 Å². The molecule has 0 bridgehead atoms. The van der Waals surface area contributed by atoms with E-state index in [2.05, 4.69) is 67.5 Å². The van der Waals surface area contributed by atoms with Crippen molar-refractivity contribution < 1.29 is 0 Å². The van der Waals surface area contributed by atoms with E-state index in [-0.39, 0.29) is 0 Å². The van der Waals surface area contributed by atoms with Crippen LogP contribution in [-0.4, -0.2) is 17.6 Å². The average molecular weight is 282 g/mol. The van der Waals surface area contributed by atoms with Gasteiger partial charge in [-0.15, -0.1) is 0 Å². The molecule has 1 unspecified atom stereocenters. The van der Waals surface area contributed by atoms with E-state index >= 15 is 0 Å². The zero-order chi connectivity index (χ0) is 15.1. The third-order valence-electron chi connectivity index (χ3n) is 3.81. The summed E-state index contributed by atoms with van der Waals surface area (Å²) in [5, 5.41) is 3.59. The minimum atomic E-state index is 0.441. The van der Waals surface area contributed by atoms with E-state index in [4.69, 9.17) is 0 Å². The van der Waals surface area contributed by atoms with Crippen molar-refractivity contribution in [3.63, 3.8) is 0 Å². The van der Waals surface area contributed by atoms with Crippen LogP contribution in [0.15, 0.2) is 42.6 Å². The Labute approximate surface area is 128 Å². The fourth-order valence-electron chi connectivity index (χ4n) is 2.67. The number of rotatable bonds is 7. The number of likely N-dealkylation sites (N-methyl/N-ethyl adjacent to an activating group) is 1. The van der Waals surface area contributed by atoms with Crippen LogP contribution >= 0.6 is 0 Å². The Bertz CT molecular complexity index is 546. The van der Waals surface area contributed by atoms with Gasteiger partial charge in [0.15, 0.2) is 0 Å². The summed E-state index contributed by atoms with van der Waals surface area (Å²) in [6, 6.07) is 13.6. The van der Waals surface area contributed by atoms with E-state index in [9.17, 15) is 0 Å². The molecule has 2 nitrogen and oxygen atoms in total. The predicted octanol–water partition coefficient (Wildman–Crippen LogP) is 3.72. The highest BCUT2D eigenvalue weighted by Gasteiger charge is 2.10. The Morgan fingerprint density at radius 1 is 1.05 bits per heavy atom. The topological polar surface area (TPSA) is 24.9 Å². The quantitative estimate of drug-likeness (QED) is 0.837. The van der Waals surface area contributed by atoms with Gasteiger partial charge in [0.05, 0.1) is 0 Å². The lowest BCUT2D eigenvalue weighted by Gasteiger charge is -2.18. The van der Waals surface area contributed by atoms with Crippen molar-refractivity contribution in [1.29, 1.82) is 0 Å². The van der Waals surface area contributed by atoms with Gasteiger partial charge >= 0.3 is 0 Å². The zero-order valence-electron chi connectivity index (χ0n) is 13.4. The molecule has 0 saturated carbocycles. The Kier molecular flexibility index (Phi) is 5.94. The largest absolute Gasteiger partial charge is 0.314 e. The van der Waals surface area contributed by atoms with Crippen molar-refractivity contribution in [2.45, 2.75) is 46.1 Å². The van der Waals surface area contributed by atoms with Crippen molar-refractivity contribution in [3.8, 4) is 0 Å². The highest BCUT2D eigenvalue weighted by Crippen LogP contribution is 2.11. The number of nitrogens with zero attached hydrogens (tertiary/aromatic N) is 1. The van der Waals surface area contributed by atoms with Crippen LogP contribution in [0.3, 0.4) is 0 Å². The summed E-state index contributed by atoms with van der Waals surface area (Å²) in [5.74, 6) is 0. The van der Waals surface area contributed by atoms with Crippen LogP contribution in [0, 0.1) is 6.92 Å². The summed E-state index contributed by atoms with van der Waals surface area (Å²) in [6.07, 6.45) is 5.08. The maximum absolute atomic E-state index is 4.59. The molecule has 0 saturated heterocycles. The Morgan fingerprint density at radius 3 is 2.52 bits per heavy atom. The second kappa shape index (κ2) is 7.94. The first-order valence-corrected chi connectivity index (χ1v) is 7.94. The molecule has 1 N–H and O–H groups in total. The molecule has 0 fully saturated rings. The van der Waals surface area contributed by atoms with Crippen LogP contribution in [0.2, 0.25) is 0 Å². The molecule has 0 amide bonds. The highest BCUT2D eigenvalue weighted by atomic mass is 14.9. The third-order valence-corrected chi connectivity index (χ3v) is 3.81. The van der Waals surface area contributed by atoms with Gasteiger partial charge in [0, 0.05) is 24.4 Å². The fraction of sp³-hybridized carbons (Fsp3) is 0.421. The van der Waals surface area contributed by atoms with Gasteiger partial charge in [-0.2, -0.15) is 0 Å². The maximum atomic E-state index is 4.59. The summed E-state index contributed by atoms with van der Waals surface area (Å²) < 4.78 is 0. The summed E-state index contributed by atoms with van der Waals surface area (Å²) in [4.78, 5) is 4.59. The highest BCUT2D eigenvalue weighted by molar-refractivity contribution is 5.23. The van der Waals surface area contributed by atoms with Crippen LogP contribution in [0.1, 0.15) is 36.2 Å². The van der Waals surface area contributed by atoms with Gasteiger partial charge in [-0.05, 0) is 43.5 Å². The summed E-state index contributed by atoms with van der Waals surface area (Å²) in [6.45, 7) is 7.47. The van der Waals surface area contributed by atoms with E-state index in [0.717, 1.165) is 25.8 Å². The number of hydrogen-bond donors (Lipinski definition) is 1. The lowest BCUT2D eigenvalue weighted by Crippen LogP contribution is -2.33. The number of hydrogen-bond acceptors (Lipinski definition) is 2. The average Bonchev–Trinajstić information content (AvgIpc) is 2.48. The predicted molar refractivity (Wildman–Crippen MR) is 89.7 cm³/mol. The second-order valence-electron chi connectivity index (χ2n) is 5.66. The number of nitrogens with one attached hydrogen (secondary N) is 1. The minimum Gasteiger partial charge on any atom is -0.314 e. The van der Waals surface area contributed by atoms with Gasteiger partial charge in [-0.1, -0.05) is 49.7 Å². The van der Waals surface area contributed by atoms with E-state index in [0.29, 0.717) is 6.04 Å². The van der Waals surface area contributed by atoms with Crippen molar-refractivity contribution in [1.82, 2.24) is 10.3 Å². The first-order valence-electron chi connectivity index (χ1n) is 7.94. The monoisotopic (exact) mass is 282 g/mol. The van der Waals surface area contributed by atoms with Crippen LogP contribution in [0.25, 0.3) is 0 Å². The SMILES string of the molecule is CCNC(Cc1cccc(C)c1)Cc1ccc(CC)cn1. The molecular weight excluding hydrogens is 256 g/mol. The van der Waals surface area contributed by atoms with Crippen molar-refractivity contribution >= 4 is 0 Å². The molecule has 1 aromatic heterocycles. The van der Waals surface area contributed by atoms with E-state index in [1.807, 2.05) is 6.20 Å². The molecule has 112 valence electrons. The molecular formula is C19H26N2. The van der Waals surface area contributed by atoms with E-state index in [1.165, 1.54) is 22.4 Å². The molecule has 0 radical (unpaired) electrons. The van der Waals surface area contributed by atoms with Crippen LogP contribution in [-0.2, 0) is 19.3 Å². The number of pyridine rings is 1. The first kappa shape index (κ1) is 15.7. The number of aromatic nitrogens is 1. The lowest BCUT2D eigenvalue weighted by atomic mass is 10.00. The summed E-state index contributed by atoms with van der Waals surface area (Å²) in [7, 11) is 0. The zero-order valence-corrected chi connectivity index (χ0v) is 13.4. The molecule has 0 aliphatic carbocycles.